The molecule has 24 heavy (non-hydrogen) atoms. The van der Waals surface area contributed by atoms with E-state index in [9.17, 15) is 4.79 Å². The highest BCUT2D eigenvalue weighted by Crippen LogP contribution is 2.18. The number of piperazine rings is 1. The lowest BCUT2D eigenvalue weighted by Gasteiger charge is -2.34. The van der Waals surface area contributed by atoms with Crippen molar-refractivity contribution >= 4 is 27.9 Å². The van der Waals surface area contributed by atoms with Crippen LogP contribution in [-0.2, 0) is 11.3 Å². The van der Waals surface area contributed by atoms with Crippen molar-refractivity contribution < 1.29 is 4.79 Å². The van der Waals surface area contributed by atoms with Crippen LogP contribution in [-0.4, -0.2) is 41.9 Å². The molecule has 0 aromatic heterocycles. The molecular formula is C20H21BrN2O. The average molecular weight is 385 g/mol. The topological polar surface area (TPSA) is 23.6 Å². The van der Waals surface area contributed by atoms with Gasteiger partial charge in [0.25, 0.3) is 0 Å². The monoisotopic (exact) mass is 384 g/mol. The number of hydrogen-bond donors (Lipinski definition) is 0. The lowest BCUT2D eigenvalue weighted by atomic mass is 10.2. The van der Waals surface area contributed by atoms with Gasteiger partial charge in [-0.25, -0.2) is 0 Å². The predicted molar refractivity (Wildman–Crippen MR) is 101 cm³/mol. The third-order valence-corrected chi connectivity index (χ3v) is 5.03. The van der Waals surface area contributed by atoms with Crippen LogP contribution in [0.1, 0.15) is 11.1 Å². The van der Waals surface area contributed by atoms with Gasteiger partial charge in [-0.1, -0.05) is 64.5 Å². The highest BCUT2D eigenvalue weighted by molar-refractivity contribution is 9.10. The van der Waals surface area contributed by atoms with Gasteiger partial charge in [0, 0.05) is 43.3 Å². The highest BCUT2D eigenvalue weighted by atomic mass is 79.9. The molecule has 0 bridgehead atoms. The van der Waals surface area contributed by atoms with Crippen molar-refractivity contribution in [1.82, 2.24) is 9.80 Å². The van der Waals surface area contributed by atoms with Crippen LogP contribution in [0.4, 0.5) is 0 Å². The maximum atomic E-state index is 12.3. The van der Waals surface area contributed by atoms with Crippen molar-refractivity contribution in [2.24, 2.45) is 0 Å². The molecule has 0 N–H and O–H groups in total. The first-order chi connectivity index (χ1) is 11.7. The van der Waals surface area contributed by atoms with Gasteiger partial charge >= 0.3 is 0 Å². The normalized spacial score (nSPS) is 15.8. The van der Waals surface area contributed by atoms with E-state index in [2.05, 4.69) is 39.0 Å². The fourth-order valence-electron chi connectivity index (χ4n) is 2.83. The van der Waals surface area contributed by atoms with Crippen LogP contribution in [0.3, 0.4) is 0 Å². The number of rotatable bonds is 4. The third kappa shape index (κ3) is 4.56. The van der Waals surface area contributed by atoms with Crippen LogP contribution < -0.4 is 0 Å². The maximum Gasteiger partial charge on any atom is 0.246 e. The van der Waals surface area contributed by atoms with Gasteiger partial charge in [-0.3, -0.25) is 9.69 Å². The van der Waals surface area contributed by atoms with Gasteiger partial charge in [-0.2, -0.15) is 0 Å². The molecule has 3 rings (SSSR count). The fourth-order valence-corrected chi connectivity index (χ4v) is 3.24. The molecule has 2 aromatic rings. The Hall–Kier alpha value is -1.91. The van der Waals surface area contributed by atoms with Crippen molar-refractivity contribution in [2.45, 2.75) is 6.54 Å². The molecule has 1 aliphatic rings. The number of nitrogens with zero attached hydrogens (tertiary/aromatic N) is 2. The Morgan fingerprint density at radius 2 is 1.62 bits per heavy atom. The van der Waals surface area contributed by atoms with Crippen molar-refractivity contribution in [2.75, 3.05) is 26.2 Å². The zero-order chi connectivity index (χ0) is 16.8. The summed E-state index contributed by atoms with van der Waals surface area (Å²) in [5, 5.41) is 0. The van der Waals surface area contributed by atoms with Gasteiger partial charge in [-0.05, 0) is 23.3 Å². The minimum atomic E-state index is 0.0967. The number of amides is 1. The quantitative estimate of drug-likeness (QED) is 0.748. The molecule has 0 unspecified atom stereocenters. The Bertz CT molecular complexity index is 707. The van der Waals surface area contributed by atoms with Gasteiger partial charge in [0.2, 0.25) is 5.91 Å². The van der Waals surface area contributed by atoms with Crippen molar-refractivity contribution in [1.29, 1.82) is 0 Å². The third-order valence-electron chi connectivity index (χ3n) is 4.25. The first-order valence-electron chi connectivity index (χ1n) is 8.20. The minimum Gasteiger partial charge on any atom is -0.337 e. The number of carbonyl (C=O) groups excluding carboxylic acids is 1. The van der Waals surface area contributed by atoms with E-state index in [-0.39, 0.29) is 5.91 Å². The molecule has 3 nitrogen and oxygen atoms in total. The van der Waals surface area contributed by atoms with Crippen LogP contribution in [0, 0.1) is 0 Å². The van der Waals surface area contributed by atoms with Gasteiger partial charge in [-0.15, -0.1) is 0 Å². The molecule has 4 heteroatoms. The van der Waals surface area contributed by atoms with E-state index in [1.807, 2.05) is 47.4 Å². The fraction of sp³-hybridized carbons (Fsp3) is 0.250. The maximum absolute atomic E-state index is 12.3. The lowest BCUT2D eigenvalue weighted by molar-refractivity contribution is -0.127. The van der Waals surface area contributed by atoms with E-state index in [0.29, 0.717) is 0 Å². The molecule has 0 atom stereocenters. The second-order valence-corrected chi connectivity index (χ2v) is 6.79. The Morgan fingerprint density at radius 1 is 0.958 bits per heavy atom. The summed E-state index contributed by atoms with van der Waals surface area (Å²) in [4.78, 5) is 16.6. The van der Waals surface area contributed by atoms with Crippen LogP contribution >= 0.6 is 15.9 Å². The molecule has 2 aromatic carbocycles. The van der Waals surface area contributed by atoms with Crippen LogP contribution in [0.5, 0.6) is 0 Å². The summed E-state index contributed by atoms with van der Waals surface area (Å²) in [6.45, 7) is 4.30. The first kappa shape index (κ1) is 16.9. The second kappa shape index (κ2) is 8.27. The molecule has 0 radical (unpaired) electrons. The van der Waals surface area contributed by atoms with Crippen molar-refractivity contribution in [3.05, 3.63) is 76.3 Å². The zero-order valence-corrected chi connectivity index (χ0v) is 15.2. The summed E-state index contributed by atoms with van der Waals surface area (Å²) in [7, 11) is 0. The van der Waals surface area contributed by atoms with Crippen molar-refractivity contribution in [3.8, 4) is 0 Å². The second-order valence-electron chi connectivity index (χ2n) is 5.94. The molecule has 124 valence electrons. The van der Waals surface area contributed by atoms with Crippen LogP contribution in [0.2, 0.25) is 0 Å². The molecule has 1 fully saturated rings. The number of carbonyl (C=O) groups is 1. The summed E-state index contributed by atoms with van der Waals surface area (Å²) >= 11 is 3.60. The molecule has 0 spiro atoms. The first-order valence-corrected chi connectivity index (χ1v) is 8.99. The average Bonchev–Trinajstić information content (AvgIpc) is 2.63. The standard InChI is InChI=1S/C20H21BrN2O/c21-19-9-5-4-8-18(19)16-22-12-14-23(15-13-22)20(24)11-10-17-6-2-1-3-7-17/h1-11H,12-16H2. The Morgan fingerprint density at radius 3 is 2.33 bits per heavy atom. The van der Waals surface area contributed by atoms with Gasteiger partial charge in [0.05, 0.1) is 0 Å². The van der Waals surface area contributed by atoms with E-state index >= 15 is 0 Å². The molecule has 0 saturated carbocycles. The van der Waals surface area contributed by atoms with E-state index in [4.69, 9.17) is 0 Å². The molecule has 0 aliphatic carbocycles. The number of hydrogen-bond acceptors (Lipinski definition) is 2. The predicted octanol–water partition coefficient (Wildman–Crippen LogP) is 3.81. The van der Waals surface area contributed by atoms with E-state index in [1.165, 1.54) is 5.56 Å². The molecule has 1 aliphatic heterocycles. The van der Waals surface area contributed by atoms with Crippen molar-refractivity contribution in [3.63, 3.8) is 0 Å². The van der Waals surface area contributed by atoms with E-state index < -0.39 is 0 Å². The Labute approximate surface area is 151 Å². The molecule has 1 saturated heterocycles. The van der Waals surface area contributed by atoms with Gasteiger partial charge in [0.15, 0.2) is 0 Å². The largest absolute Gasteiger partial charge is 0.337 e. The van der Waals surface area contributed by atoms with E-state index in [0.717, 1.165) is 42.8 Å². The molecular weight excluding hydrogens is 364 g/mol. The highest BCUT2D eigenvalue weighted by Gasteiger charge is 2.19. The Kier molecular flexibility index (Phi) is 5.83. The number of halogens is 1. The Balaban J connectivity index is 1.50. The van der Waals surface area contributed by atoms with Crippen LogP contribution in [0.15, 0.2) is 65.1 Å². The minimum absolute atomic E-state index is 0.0967. The summed E-state index contributed by atoms with van der Waals surface area (Å²) in [5.41, 5.74) is 2.35. The smallest absolute Gasteiger partial charge is 0.246 e. The van der Waals surface area contributed by atoms with Crippen LogP contribution in [0.25, 0.3) is 6.08 Å². The van der Waals surface area contributed by atoms with Gasteiger partial charge < -0.3 is 4.90 Å². The molecule has 1 heterocycles. The summed E-state index contributed by atoms with van der Waals surface area (Å²) in [6.07, 6.45) is 3.56. The summed E-state index contributed by atoms with van der Waals surface area (Å²) in [6, 6.07) is 18.2. The SMILES string of the molecule is O=C(C=Cc1ccccc1)N1CCN(Cc2ccccc2Br)CC1. The summed E-state index contributed by atoms with van der Waals surface area (Å²) in [5.74, 6) is 0.0967. The van der Waals surface area contributed by atoms with Gasteiger partial charge in [0.1, 0.15) is 0 Å². The zero-order valence-electron chi connectivity index (χ0n) is 13.6. The number of benzene rings is 2. The summed E-state index contributed by atoms with van der Waals surface area (Å²) < 4.78 is 1.15. The molecule has 1 amide bonds. The lowest BCUT2D eigenvalue weighted by Crippen LogP contribution is -2.47. The van der Waals surface area contributed by atoms with E-state index in [1.54, 1.807) is 6.08 Å².